The third-order valence-corrected chi connectivity index (χ3v) is 8.65. The summed E-state index contributed by atoms with van der Waals surface area (Å²) in [4.78, 5) is 66.6. The lowest BCUT2D eigenvalue weighted by Gasteiger charge is -2.31. The molecule has 2 aliphatic carbocycles. The van der Waals surface area contributed by atoms with Gasteiger partial charge in [-0.2, -0.15) is 5.01 Å². The molecule has 3 amide bonds. The fraction of sp³-hybridized carbons (Fsp3) is 0.194. The van der Waals surface area contributed by atoms with Crippen molar-refractivity contribution >= 4 is 57.0 Å². The molecule has 2 fully saturated rings. The molecule has 0 N–H and O–H groups in total. The quantitative estimate of drug-likeness (QED) is 0.114. The third-order valence-electron chi connectivity index (χ3n) is 7.79. The van der Waals surface area contributed by atoms with E-state index in [0.717, 1.165) is 20.9 Å². The third kappa shape index (κ3) is 4.89. The van der Waals surface area contributed by atoms with E-state index in [-0.39, 0.29) is 33.7 Å². The molecular weight excluding hydrogens is 612 g/mol. The average Bonchev–Trinajstić information content (AvgIpc) is 3.66. The number of hydrogen-bond acceptors (Lipinski definition) is 6. The molecule has 8 nitrogen and oxygen atoms in total. The van der Waals surface area contributed by atoms with E-state index in [9.17, 15) is 24.0 Å². The van der Waals surface area contributed by atoms with Gasteiger partial charge in [0.1, 0.15) is 12.3 Å². The Morgan fingerprint density at radius 1 is 0.854 bits per heavy atom. The van der Waals surface area contributed by atoms with Gasteiger partial charge >= 0.3 is 5.97 Å². The van der Waals surface area contributed by atoms with Crippen LogP contribution < -0.4 is 4.74 Å². The summed E-state index contributed by atoms with van der Waals surface area (Å²) in [5, 5.41) is 1.89. The van der Waals surface area contributed by atoms with Crippen LogP contribution in [-0.4, -0.2) is 46.0 Å². The molecule has 2 bridgehead atoms. The number of hydrazine groups is 1. The normalized spacial score (nSPS) is 22.1. The van der Waals surface area contributed by atoms with Gasteiger partial charge in [-0.15, -0.1) is 0 Å². The first-order valence-corrected chi connectivity index (χ1v) is 14.1. The van der Waals surface area contributed by atoms with Crippen LogP contribution in [0.15, 0.2) is 89.4 Å². The van der Waals surface area contributed by atoms with Gasteiger partial charge in [-0.25, -0.2) is 9.80 Å². The Morgan fingerprint density at radius 2 is 1.44 bits per heavy atom. The fourth-order valence-electron chi connectivity index (χ4n) is 5.82. The molecule has 3 aromatic carbocycles. The number of rotatable bonds is 7. The predicted octanol–water partition coefficient (Wildman–Crippen LogP) is 5.37. The molecule has 1 heterocycles. The zero-order valence-corrected chi connectivity index (χ0v) is 23.7. The van der Waals surface area contributed by atoms with E-state index in [1.807, 2.05) is 12.2 Å². The van der Waals surface area contributed by atoms with Crippen molar-refractivity contribution in [3.63, 3.8) is 0 Å². The number of halogens is 2. The predicted molar refractivity (Wildman–Crippen MR) is 152 cm³/mol. The van der Waals surface area contributed by atoms with Crippen molar-refractivity contribution in [3.05, 3.63) is 111 Å². The van der Waals surface area contributed by atoms with Crippen LogP contribution >= 0.6 is 27.5 Å². The molecule has 41 heavy (non-hydrogen) atoms. The Kier molecular flexibility index (Phi) is 7.09. The monoisotopic (exact) mass is 632 g/mol. The van der Waals surface area contributed by atoms with E-state index >= 15 is 0 Å². The zero-order valence-electron chi connectivity index (χ0n) is 21.4. The Bertz CT molecular complexity index is 1590. The maximum Gasteiger partial charge on any atom is 0.343 e. The number of carbonyl (C=O) groups is 5. The molecule has 1 saturated carbocycles. The summed E-state index contributed by atoms with van der Waals surface area (Å²) < 4.78 is 6.22. The van der Waals surface area contributed by atoms with Crippen molar-refractivity contribution in [1.82, 2.24) is 10.0 Å². The van der Waals surface area contributed by atoms with Crippen LogP contribution in [-0.2, 0) is 9.59 Å². The zero-order chi connectivity index (χ0) is 28.8. The number of allylic oxidation sites excluding steroid dienone is 2. The minimum atomic E-state index is -0.731. The first-order valence-electron chi connectivity index (χ1n) is 13.0. The number of hydrogen-bond donors (Lipinski definition) is 0. The minimum Gasteiger partial charge on any atom is -0.423 e. The van der Waals surface area contributed by atoms with E-state index in [2.05, 4.69) is 15.9 Å². The summed E-state index contributed by atoms with van der Waals surface area (Å²) in [6.07, 6.45) is 4.64. The Balaban J connectivity index is 1.24. The van der Waals surface area contributed by atoms with Crippen molar-refractivity contribution in [2.75, 3.05) is 6.54 Å². The number of benzene rings is 3. The number of ether oxygens (including phenoxy) is 1. The molecular formula is C31H22BrClN2O6. The van der Waals surface area contributed by atoms with Crippen LogP contribution in [0.1, 0.15) is 37.5 Å². The van der Waals surface area contributed by atoms with E-state index in [4.69, 9.17) is 16.3 Å². The summed E-state index contributed by atoms with van der Waals surface area (Å²) in [6, 6.07) is 18.8. The van der Waals surface area contributed by atoms with Crippen LogP contribution in [0, 0.1) is 23.7 Å². The number of esters is 1. The molecule has 0 unspecified atom stereocenters. The number of amides is 3. The van der Waals surface area contributed by atoms with Gasteiger partial charge in [-0.3, -0.25) is 19.2 Å². The maximum absolute atomic E-state index is 13.7. The van der Waals surface area contributed by atoms with Crippen LogP contribution in [0.3, 0.4) is 0 Å². The Hall–Kier alpha value is -4.08. The van der Waals surface area contributed by atoms with Gasteiger partial charge in [0.05, 0.1) is 28.0 Å². The molecule has 3 aromatic rings. The SMILES string of the molecule is O=C(CN(C(=O)c1ccccc1Cl)N1C(=O)[C@@H]2[C@@H](C1=O)[C@H]1C=C[C@H]2C1)c1ccc(OC(=O)c2ccc(Br)cc2)cc1. The molecule has 3 aliphatic rings. The number of nitrogens with zero attached hydrogens (tertiary/aromatic N) is 2. The number of carbonyl (C=O) groups excluding carboxylic acids is 5. The van der Waals surface area contributed by atoms with Gasteiger partial charge in [0.25, 0.3) is 17.7 Å². The van der Waals surface area contributed by atoms with Crippen LogP contribution in [0.4, 0.5) is 0 Å². The first-order chi connectivity index (χ1) is 19.7. The van der Waals surface area contributed by atoms with Gasteiger partial charge in [-0.05, 0) is 78.9 Å². The van der Waals surface area contributed by atoms with E-state index < -0.39 is 47.9 Å². The van der Waals surface area contributed by atoms with Gasteiger partial charge in [-0.1, -0.05) is 51.8 Å². The second kappa shape index (κ2) is 10.7. The molecule has 1 saturated heterocycles. The highest BCUT2D eigenvalue weighted by Crippen LogP contribution is 2.52. The van der Waals surface area contributed by atoms with Crippen LogP contribution in [0.5, 0.6) is 5.75 Å². The summed E-state index contributed by atoms with van der Waals surface area (Å²) >= 11 is 9.60. The molecule has 10 heteroatoms. The largest absolute Gasteiger partial charge is 0.423 e. The molecule has 1 aliphatic heterocycles. The fourth-order valence-corrected chi connectivity index (χ4v) is 6.30. The number of ketones is 1. The molecule has 6 rings (SSSR count). The second-order valence-corrected chi connectivity index (χ2v) is 11.5. The van der Waals surface area contributed by atoms with E-state index in [1.54, 1.807) is 36.4 Å². The van der Waals surface area contributed by atoms with Gasteiger partial charge in [0, 0.05) is 10.0 Å². The van der Waals surface area contributed by atoms with Crippen LogP contribution in [0.25, 0.3) is 0 Å². The second-order valence-electron chi connectivity index (χ2n) is 10.2. The maximum atomic E-state index is 13.7. The van der Waals surface area contributed by atoms with Crippen LogP contribution in [0.2, 0.25) is 5.02 Å². The average molecular weight is 634 g/mol. The van der Waals surface area contributed by atoms with Crippen molar-refractivity contribution in [3.8, 4) is 5.75 Å². The number of Topliss-reactive ketones (excluding diaryl/α,β-unsaturated/α-hetero) is 1. The summed E-state index contributed by atoms with van der Waals surface area (Å²) in [5.74, 6) is -3.78. The summed E-state index contributed by atoms with van der Waals surface area (Å²) in [6.45, 7) is -0.568. The molecule has 4 atom stereocenters. The lowest BCUT2D eigenvalue weighted by Crippen LogP contribution is -2.52. The Labute approximate surface area is 248 Å². The lowest BCUT2D eigenvalue weighted by molar-refractivity contribution is -0.154. The molecule has 206 valence electrons. The summed E-state index contributed by atoms with van der Waals surface area (Å²) in [5.41, 5.74) is 0.623. The van der Waals surface area contributed by atoms with Crippen molar-refractivity contribution in [1.29, 1.82) is 0 Å². The summed E-state index contributed by atoms with van der Waals surface area (Å²) in [7, 11) is 0. The highest BCUT2D eigenvalue weighted by atomic mass is 79.9. The smallest absolute Gasteiger partial charge is 0.343 e. The van der Waals surface area contributed by atoms with Gasteiger partial charge in [0.2, 0.25) is 0 Å². The number of imide groups is 1. The minimum absolute atomic E-state index is 0.0629. The molecule has 0 aromatic heterocycles. The van der Waals surface area contributed by atoms with E-state index in [1.165, 1.54) is 36.4 Å². The highest BCUT2D eigenvalue weighted by Gasteiger charge is 2.61. The van der Waals surface area contributed by atoms with Crippen molar-refractivity contribution < 1.29 is 28.7 Å². The number of fused-ring (bicyclic) bond motifs is 5. The van der Waals surface area contributed by atoms with Crippen molar-refractivity contribution in [2.24, 2.45) is 23.7 Å². The van der Waals surface area contributed by atoms with E-state index in [0.29, 0.717) is 5.56 Å². The topological polar surface area (TPSA) is 101 Å². The van der Waals surface area contributed by atoms with Gasteiger partial charge in [0.15, 0.2) is 5.78 Å². The van der Waals surface area contributed by atoms with Crippen molar-refractivity contribution in [2.45, 2.75) is 6.42 Å². The highest BCUT2D eigenvalue weighted by molar-refractivity contribution is 9.10. The van der Waals surface area contributed by atoms with Gasteiger partial charge < -0.3 is 4.74 Å². The lowest BCUT2D eigenvalue weighted by atomic mass is 9.85. The molecule has 0 spiro atoms. The first kappa shape index (κ1) is 27.1. The Morgan fingerprint density at radius 3 is 2.05 bits per heavy atom. The molecule has 0 radical (unpaired) electrons. The standard InChI is InChI=1S/C31H22BrClN2O6/c32-21-11-7-18(8-12-21)31(40)41-22-13-9-17(10-14-22)25(36)16-34(28(37)23-3-1-2-4-24(23)33)35-29(38)26-19-5-6-20(15-19)27(26)30(35)39/h1-14,19-20,26-27H,15-16H2/t19-,20-,26-,27-/m0/s1.